The van der Waals surface area contributed by atoms with Gasteiger partial charge in [-0.3, -0.25) is 0 Å². The summed E-state index contributed by atoms with van der Waals surface area (Å²) in [7, 11) is 0. The van der Waals surface area contributed by atoms with Gasteiger partial charge in [-0.25, -0.2) is 9.67 Å². The summed E-state index contributed by atoms with van der Waals surface area (Å²) in [6.07, 6.45) is 5.29. The van der Waals surface area contributed by atoms with Crippen molar-refractivity contribution >= 4 is 0 Å². The highest BCUT2D eigenvalue weighted by molar-refractivity contribution is 5.10. The molecule has 1 aromatic rings. The number of hydrogen-bond donors (Lipinski definition) is 1. The number of hydrogen-bond acceptors (Lipinski definition) is 3. The van der Waals surface area contributed by atoms with Crippen molar-refractivity contribution in [3.8, 4) is 0 Å². The molecule has 1 saturated heterocycles. The zero-order valence-corrected chi connectivity index (χ0v) is 9.66. The van der Waals surface area contributed by atoms with Crippen molar-refractivity contribution in [3.05, 3.63) is 12.2 Å². The van der Waals surface area contributed by atoms with Crippen LogP contribution in [-0.2, 0) is 12.0 Å². The average Bonchev–Trinajstić information content (AvgIpc) is 2.78. The first kappa shape index (κ1) is 10.6. The minimum Gasteiger partial charge on any atom is -0.316 e. The van der Waals surface area contributed by atoms with Crippen LogP contribution >= 0.6 is 0 Å². The van der Waals surface area contributed by atoms with Crippen molar-refractivity contribution in [1.29, 1.82) is 0 Å². The standard InChI is InChI=1S/C11H20N4/c1-3-11(6-5-7-12-8-11)10-13-9-14-15(10)4-2/h9,12H,3-8H2,1-2H3. The third-order valence-corrected chi connectivity index (χ3v) is 3.54. The summed E-state index contributed by atoms with van der Waals surface area (Å²) < 4.78 is 2.04. The normalized spacial score (nSPS) is 26.8. The van der Waals surface area contributed by atoms with E-state index in [2.05, 4.69) is 29.2 Å². The second-order valence-electron chi connectivity index (χ2n) is 4.31. The van der Waals surface area contributed by atoms with Crippen LogP contribution in [0.15, 0.2) is 6.33 Å². The molecule has 0 aromatic carbocycles. The number of piperidine rings is 1. The van der Waals surface area contributed by atoms with Crippen LogP contribution in [0.5, 0.6) is 0 Å². The van der Waals surface area contributed by atoms with Crippen molar-refractivity contribution in [2.75, 3.05) is 13.1 Å². The quantitative estimate of drug-likeness (QED) is 0.815. The van der Waals surface area contributed by atoms with Crippen LogP contribution < -0.4 is 5.32 Å². The van der Waals surface area contributed by atoms with Crippen LogP contribution in [-0.4, -0.2) is 27.9 Å². The summed E-state index contributed by atoms with van der Waals surface area (Å²) in [5, 5.41) is 7.77. The topological polar surface area (TPSA) is 42.7 Å². The van der Waals surface area contributed by atoms with Gasteiger partial charge in [-0.15, -0.1) is 0 Å². The Balaban J connectivity index is 2.32. The molecule has 0 spiro atoms. The van der Waals surface area contributed by atoms with E-state index in [9.17, 15) is 0 Å². The second-order valence-corrected chi connectivity index (χ2v) is 4.31. The Morgan fingerprint density at radius 3 is 3.00 bits per heavy atom. The van der Waals surface area contributed by atoms with Gasteiger partial charge in [-0.1, -0.05) is 6.92 Å². The van der Waals surface area contributed by atoms with Gasteiger partial charge in [0.25, 0.3) is 0 Å². The maximum atomic E-state index is 4.47. The fourth-order valence-corrected chi connectivity index (χ4v) is 2.52. The van der Waals surface area contributed by atoms with E-state index < -0.39 is 0 Å². The van der Waals surface area contributed by atoms with Crippen LogP contribution in [0.2, 0.25) is 0 Å². The Kier molecular flexibility index (Phi) is 3.05. The van der Waals surface area contributed by atoms with Crippen LogP contribution in [0.1, 0.15) is 38.9 Å². The Bertz CT molecular complexity index is 312. The van der Waals surface area contributed by atoms with Crippen LogP contribution in [0.4, 0.5) is 0 Å². The monoisotopic (exact) mass is 208 g/mol. The van der Waals surface area contributed by atoms with Crippen molar-refractivity contribution < 1.29 is 0 Å². The van der Waals surface area contributed by atoms with Crippen molar-refractivity contribution in [2.24, 2.45) is 0 Å². The minimum atomic E-state index is 0.213. The molecule has 2 heterocycles. The Labute approximate surface area is 91.1 Å². The molecule has 4 heteroatoms. The van der Waals surface area contributed by atoms with E-state index in [1.165, 1.54) is 18.7 Å². The number of aromatic nitrogens is 3. The maximum absolute atomic E-state index is 4.47. The number of aryl methyl sites for hydroxylation is 1. The Morgan fingerprint density at radius 2 is 2.40 bits per heavy atom. The van der Waals surface area contributed by atoms with Crippen molar-refractivity contribution in [2.45, 2.75) is 45.1 Å². The fourth-order valence-electron chi connectivity index (χ4n) is 2.52. The Morgan fingerprint density at radius 1 is 1.53 bits per heavy atom. The first-order valence-electron chi connectivity index (χ1n) is 5.91. The molecular formula is C11H20N4. The third kappa shape index (κ3) is 1.78. The second kappa shape index (κ2) is 4.31. The molecule has 1 fully saturated rings. The van der Waals surface area contributed by atoms with Gasteiger partial charge in [0.1, 0.15) is 12.2 Å². The van der Waals surface area contributed by atoms with E-state index in [1.54, 1.807) is 6.33 Å². The molecule has 1 atom stereocenters. The van der Waals surface area contributed by atoms with Gasteiger partial charge < -0.3 is 5.32 Å². The molecule has 0 amide bonds. The van der Waals surface area contributed by atoms with E-state index in [0.29, 0.717) is 0 Å². The van der Waals surface area contributed by atoms with Crippen LogP contribution in [0.3, 0.4) is 0 Å². The molecule has 1 aliphatic heterocycles. The van der Waals surface area contributed by atoms with Gasteiger partial charge >= 0.3 is 0 Å². The highest BCUT2D eigenvalue weighted by atomic mass is 15.3. The lowest BCUT2D eigenvalue weighted by atomic mass is 9.77. The summed E-state index contributed by atoms with van der Waals surface area (Å²) in [5.74, 6) is 1.17. The molecule has 0 radical (unpaired) electrons. The zero-order valence-electron chi connectivity index (χ0n) is 9.66. The predicted molar refractivity (Wildman–Crippen MR) is 59.8 cm³/mol. The van der Waals surface area contributed by atoms with Gasteiger partial charge in [0.15, 0.2) is 0 Å². The Hall–Kier alpha value is -0.900. The highest BCUT2D eigenvalue weighted by Crippen LogP contribution is 2.32. The lowest BCUT2D eigenvalue weighted by Crippen LogP contribution is -2.44. The molecule has 15 heavy (non-hydrogen) atoms. The van der Waals surface area contributed by atoms with Crippen LogP contribution in [0, 0.1) is 0 Å². The summed E-state index contributed by atoms with van der Waals surface area (Å²) in [6, 6.07) is 0. The van der Waals surface area contributed by atoms with E-state index in [-0.39, 0.29) is 5.41 Å². The summed E-state index contributed by atoms with van der Waals surface area (Å²) in [6.45, 7) is 7.47. The molecular weight excluding hydrogens is 188 g/mol. The molecule has 84 valence electrons. The SMILES string of the molecule is CCn1ncnc1C1(CC)CCCNC1. The largest absolute Gasteiger partial charge is 0.316 e. The first-order chi connectivity index (χ1) is 7.32. The van der Waals surface area contributed by atoms with Gasteiger partial charge in [-0.05, 0) is 32.7 Å². The molecule has 0 saturated carbocycles. The molecule has 2 rings (SSSR count). The highest BCUT2D eigenvalue weighted by Gasteiger charge is 2.36. The van der Waals surface area contributed by atoms with Crippen molar-refractivity contribution in [3.63, 3.8) is 0 Å². The molecule has 0 bridgehead atoms. The smallest absolute Gasteiger partial charge is 0.138 e. The third-order valence-electron chi connectivity index (χ3n) is 3.54. The predicted octanol–water partition coefficient (Wildman–Crippen LogP) is 1.33. The minimum absolute atomic E-state index is 0.213. The van der Waals surface area contributed by atoms with Gasteiger partial charge in [-0.2, -0.15) is 5.10 Å². The maximum Gasteiger partial charge on any atom is 0.138 e. The van der Waals surface area contributed by atoms with Crippen LogP contribution in [0.25, 0.3) is 0 Å². The average molecular weight is 208 g/mol. The molecule has 1 unspecified atom stereocenters. The van der Waals surface area contributed by atoms with Crippen molar-refractivity contribution in [1.82, 2.24) is 20.1 Å². The first-order valence-corrected chi connectivity index (χ1v) is 5.91. The van der Waals surface area contributed by atoms with E-state index in [4.69, 9.17) is 0 Å². The number of nitrogens with zero attached hydrogens (tertiary/aromatic N) is 3. The lowest BCUT2D eigenvalue weighted by molar-refractivity contribution is 0.275. The zero-order chi connectivity index (χ0) is 10.7. The molecule has 1 N–H and O–H groups in total. The number of nitrogens with one attached hydrogen (secondary N) is 1. The number of rotatable bonds is 3. The molecule has 1 aliphatic rings. The van der Waals surface area contributed by atoms with Gasteiger partial charge in [0.05, 0.1) is 0 Å². The van der Waals surface area contributed by atoms with E-state index in [0.717, 1.165) is 26.1 Å². The molecule has 1 aromatic heterocycles. The van der Waals surface area contributed by atoms with E-state index in [1.807, 2.05) is 4.68 Å². The lowest BCUT2D eigenvalue weighted by Gasteiger charge is -2.36. The summed E-state index contributed by atoms with van der Waals surface area (Å²) in [4.78, 5) is 4.47. The summed E-state index contributed by atoms with van der Waals surface area (Å²) in [5.41, 5.74) is 0.213. The van der Waals surface area contributed by atoms with Gasteiger partial charge in [0.2, 0.25) is 0 Å². The molecule has 4 nitrogen and oxygen atoms in total. The fraction of sp³-hybridized carbons (Fsp3) is 0.818. The van der Waals surface area contributed by atoms with Gasteiger partial charge in [0, 0.05) is 18.5 Å². The molecule has 0 aliphatic carbocycles. The summed E-state index contributed by atoms with van der Waals surface area (Å²) >= 11 is 0. The van der Waals surface area contributed by atoms with E-state index >= 15 is 0 Å².